The second-order valence-electron chi connectivity index (χ2n) is 5.30. The predicted molar refractivity (Wildman–Crippen MR) is 97.8 cm³/mol. The van der Waals surface area contributed by atoms with Gasteiger partial charge in [0.25, 0.3) is 0 Å². The molecule has 0 unspecified atom stereocenters. The molecular weight excluding hydrogens is 372 g/mol. The fourth-order valence-electron chi connectivity index (χ4n) is 2.02. The maximum Gasteiger partial charge on any atom is 0.328 e. The summed E-state index contributed by atoms with van der Waals surface area (Å²) in [6.07, 6.45) is 1.52. The van der Waals surface area contributed by atoms with E-state index in [1.54, 1.807) is 30.3 Å². The van der Waals surface area contributed by atoms with E-state index in [0.717, 1.165) is 6.08 Å². The van der Waals surface area contributed by atoms with Gasteiger partial charge in [0, 0.05) is 23.4 Å². The summed E-state index contributed by atoms with van der Waals surface area (Å²) in [4.78, 5) is 33.7. The number of rotatable bonds is 8. The second kappa shape index (κ2) is 8.88. The molecule has 0 aliphatic carbocycles. The summed E-state index contributed by atoms with van der Waals surface area (Å²) in [5.41, 5.74) is 0.682. The van der Waals surface area contributed by atoms with Crippen LogP contribution >= 0.6 is 0 Å². The monoisotopic (exact) mass is 388 g/mol. The molecule has 2 aromatic carbocycles. The van der Waals surface area contributed by atoms with Crippen LogP contribution in [0.25, 0.3) is 0 Å². The van der Waals surface area contributed by atoms with Crippen molar-refractivity contribution in [1.29, 1.82) is 0 Å². The number of carbonyl (C=O) groups is 3. The third-order valence-electron chi connectivity index (χ3n) is 3.33. The average molecular weight is 388 g/mol. The van der Waals surface area contributed by atoms with E-state index in [4.69, 9.17) is 5.11 Å². The molecule has 0 bridgehead atoms. The number of hydrogen-bond donors (Lipinski definition) is 3. The zero-order chi connectivity index (χ0) is 19.9. The van der Waals surface area contributed by atoms with Crippen molar-refractivity contribution in [2.24, 2.45) is 0 Å². The van der Waals surface area contributed by atoms with Crippen LogP contribution in [0.1, 0.15) is 10.4 Å². The summed E-state index contributed by atoms with van der Waals surface area (Å²) < 4.78 is 26.7. The summed E-state index contributed by atoms with van der Waals surface area (Å²) in [7, 11) is -3.91. The SMILES string of the molecule is O=C(O)/C=C\C(=O)Nc1ccc(S(=O)(=O)NCC(=O)c2ccccc2)cc1. The lowest BCUT2D eigenvalue weighted by Crippen LogP contribution is -2.29. The Balaban J connectivity index is 1.99. The summed E-state index contributed by atoms with van der Waals surface area (Å²) >= 11 is 0. The molecule has 0 saturated heterocycles. The van der Waals surface area contributed by atoms with Crippen molar-refractivity contribution in [3.63, 3.8) is 0 Å². The minimum absolute atomic E-state index is 0.0811. The lowest BCUT2D eigenvalue weighted by molar-refractivity contribution is -0.131. The topological polar surface area (TPSA) is 130 Å². The maximum atomic E-state index is 12.3. The number of amides is 1. The molecule has 0 heterocycles. The molecule has 0 atom stereocenters. The Hall–Kier alpha value is -3.30. The number of benzene rings is 2. The molecule has 2 rings (SSSR count). The van der Waals surface area contributed by atoms with Gasteiger partial charge in [0.2, 0.25) is 15.9 Å². The summed E-state index contributed by atoms with van der Waals surface area (Å²) in [5, 5.41) is 10.8. The van der Waals surface area contributed by atoms with E-state index in [-0.39, 0.29) is 22.9 Å². The quantitative estimate of drug-likeness (QED) is 0.463. The van der Waals surface area contributed by atoms with Crippen LogP contribution in [-0.4, -0.2) is 37.7 Å². The largest absolute Gasteiger partial charge is 0.478 e. The van der Waals surface area contributed by atoms with E-state index in [1.807, 2.05) is 0 Å². The average Bonchev–Trinajstić information content (AvgIpc) is 2.65. The van der Waals surface area contributed by atoms with Gasteiger partial charge in [-0.05, 0) is 24.3 Å². The molecular formula is C18H16N2O6S. The van der Waals surface area contributed by atoms with Crippen LogP contribution in [0.3, 0.4) is 0 Å². The molecule has 0 aliphatic heterocycles. The zero-order valence-corrected chi connectivity index (χ0v) is 14.8. The van der Waals surface area contributed by atoms with E-state index in [0.29, 0.717) is 11.6 Å². The van der Waals surface area contributed by atoms with Crippen LogP contribution in [0.15, 0.2) is 71.6 Å². The van der Waals surface area contributed by atoms with Gasteiger partial charge in [0.15, 0.2) is 5.78 Å². The summed E-state index contributed by atoms with van der Waals surface area (Å²) in [6, 6.07) is 13.5. The smallest absolute Gasteiger partial charge is 0.328 e. The third kappa shape index (κ3) is 6.17. The van der Waals surface area contributed by atoms with Gasteiger partial charge in [0.1, 0.15) is 0 Å². The number of aliphatic carboxylic acids is 1. The molecule has 140 valence electrons. The van der Waals surface area contributed by atoms with Crippen molar-refractivity contribution >= 4 is 33.4 Å². The highest BCUT2D eigenvalue weighted by Crippen LogP contribution is 2.14. The van der Waals surface area contributed by atoms with Gasteiger partial charge < -0.3 is 10.4 Å². The molecule has 0 aliphatic rings. The van der Waals surface area contributed by atoms with Crippen molar-refractivity contribution in [2.45, 2.75) is 4.90 Å². The van der Waals surface area contributed by atoms with Crippen molar-refractivity contribution in [2.75, 3.05) is 11.9 Å². The Labute approximate surface area is 155 Å². The van der Waals surface area contributed by atoms with Crippen LogP contribution in [0.2, 0.25) is 0 Å². The predicted octanol–water partition coefficient (Wildman–Crippen LogP) is 1.43. The minimum atomic E-state index is -3.91. The van der Waals surface area contributed by atoms with Crippen molar-refractivity contribution in [3.8, 4) is 0 Å². The Kier molecular flexibility index (Phi) is 6.58. The van der Waals surface area contributed by atoms with Crippen LogP contribution in [0.5, 0.6) is 0 Å². The third-order valence-corrected chi connectivity index (χ3v) is 4.75. The van der Waals surface area contributed by atoms with E-state index in [9.17, 15) is 22.8 Å². The highest BCUT2D eigenvalue weighted by molar-refractivity contribution is 7.89. The fourth-order valence-corrected chi connectivity index (χ4v) is 3.00. The second-order valence-corrected chi connectivity index (χ2v) is 7.07. The standard InChI is InChI=1S/C18H16N2O6S/c21-16(13-4-2-1-3-5-13)12-19-27(25,26)15-8-6-14(7-9-15)20-17(22)10-11-18(23)24/h1-11,19H,12H2,(H,20,22)(H,23,24)/b11-10-. The van der Waals surface area contributed by atoms with Crippen LogP contribution < -0.4 is 10.0 Å². The minimum Gasteiger partial charge on any atom is -0.478 e. The molecule has 0 aromatic heterocycles. The number of hydrogen-bond acceptors (Lipinski definition) is 5. The fraction of sp³-hybridized carbons (Fsp3) is 0.0556. The Morgan fingerprint density at radius 2 is 1.56 bits per heavy atom. The number of carboxylic acids is 1. The van der Waals surface area contributed by atoms with Crippen LogP contribution in [0, 0.1) is 0 Å². The first-order chi connectivity index (χ1) is 12.8. The van der Waals surface area contributed by atoms with Crippen LogP contribution in [0.4, 0.5) is 5.69 Å². The normalized spacial score (nSPS) is 11.3. The first kappa shape index (κ1) is 20.0. The number of carbonyl (C=O) groups excluding carboxylic acids is 2. The van der Waals surface area contributed by atoms with Crippen molar-refractivity contribution in [1.82, 2.24) is 4.72 Å². The van der Waals surface area contributed by atoms with Crippen LogP contribution in [-0.2, 0) is 19.6 Å². The highest BCUT2D eigenvalue weighted by Gasteiger charge is 2.16. The Morgan fingerprint density at radius 1 is 0.926 bits per heavy atom. The number of nitrogens with one attached hydrogen (secondary N) is 2. The number of carboxylic acid groups (broad SMARTS) is 1. The molecule has 1 amide bonds. The maximum absolute atomic E-state index is 12.3. The molecule has 2 aromatic rings. The molecule has 0 saturated carbocycles. The van der Waals surface area contributed by atoms with Gasteiger partial charge in [0.05, 0.1) is 11.4 Å². The van der Waals surface area contributed by atoms with Gasteiger partial charge in [-0.1, -0.05) is 30.3 Å². The highest BCUT2D eigenvalue weighted by atomic mass is 32.2. The summed E-state index contributed by atoms with van der Waals surface area (Å²) in [6.45, 7) is -0.384. The van der Waals surface area contributed by atoms with E-state index < -0.39 is 21.9 Å². The Morgan fingerprint density at radius 3 is 2.15 bits per heavy atom. The first-order valence-corrected chi connectivity index (χ1v) is 9.16. The van der Waals surface area contributed by atoms with Crippen molar-refractivity contribution in [3.05, 3.63) is 72.3 Å². The molecule has 3 N–H and O–H groups in total. The van der Waals surface area contributed by atoms with E-state index >= 15 is 0 Å². The number of sulfonamides is 1. The lowest BCUT2D eigenvalue weighted by Gasteiger charge is -2.08. The number of anilines is 1. The summed E-state index contributed by atoms with van der Waals surface area (Å²) in [5.74, 6) is -2.30. The zero-order valence-electron chi connectivity index (χ0n) is 14.0. The molecule has 9 heteroatoms. The Bertz CT molecular complexity index is 967. The number of ketones is 1. The van der Waals surface area contributed by atoms with Gasteiger partial charge in [-0.2, -0.15) is 0 Å². The number of Topliss-reactive ketones (excluding diaryl/α,β-unsaturated/α-hetero) is 1. The molecule has 27 heavy (non-hydrogen) atoms. The first-order valence-electron chi connectivity index (χ1n) is 7.68. The van der Waals surface area contributed by atoms with E-state index in [2.05, 4.69) is 10.0 Å². The van der Waals surface area contributed by atoms with E-state index in [1.165, 1.54) is 24.3 Å². The van der Waals surface area contributed by atoms with Gasteiger partial charge in [-0.3, -0.25) is 9.59 Å². The lowest BCUT2D eigenvalue weighted by atomic mass is 10.1. The molecule has 0 radical (unpaired) electrons. The van der Waals surface area contributed by atoms with Crippen molar-refractivity contribution < 1.29 is 27.9 Å². The molecule has 8 nitrogen and oxygen atoms in total. The van der Waals surface area contributed by atoms with Gasteiger partial charge in [-0.25, -0.2) is 17.9 Å². The molecule has 0 spiro atoms. The van der Waals surface area contributed by atoms with Gasteiger partial charge in [-0.15, -0.1) is 0 Å². The van der Waals surface area contributed by atoms with Gasteiger partial charge >= 0.3 is 5.97 Å². The molecule has 0 fully saturated rings.